The van der Waals surface area contributed by atoms with Gasteiger partial charge in [-0.3, -0.25) is 0 Å². The molecule has 32 heavy (non-hydrogen) atoms. The van der Waals surface area contributed by atoms with Gasteiger partial charge in [-0.1, -0.05) is 60.7 Å². The molecule has 0 heterocycles. The number of hydrogen-bond acceptors (Lipinski definition) is 4. The number of carbonyl (C=O) groups is 1. The minimum Gasteiger partial charge on any atom is -0.491 e. The van der Waals surface area contributed by atoms with Gasteiger partial charge in [-0.25, -0.2) is 4.79 Å². The van der Waals surface area contributed by atoms with Crippen LogP contribution in [0.4, 0.5) is 4.79 Å². The van der Waals surface area contributed by atoms with Crippen LogP contribution in [-0.4, -0.2) is 24.3 Å². The number of benzene rings is 3. The Hall–Kier alpha value is -2.92. The molecule has 0 saturated heterocycles. The van der Waals surface area contributed by atoms with Gasteiger partial charge in [0, 0.05) is 10.6 Å². The van der Waals surface area contributed by atoms with Crippen LogP contribution in [0.15, 0.2) is 89.8 Å². The molecule has 1 unspecified atom stereocenters. The van der Waals surface area contributed by atoms with Gasteiger partial charge in [0.2, 0.25) is 0 Å². The Balaban J connectivity index is 1.56. The first-order chi connectivity index (χ1) is 15.4. The van der Waals surface area contributed by atoms with E-state index in [2.05, 4.69) is 41.7 Å². The zero-order valence-electron chi connectivity index (χ0n) is 18.9. The summed E-state index contributed by atoms with van der Waals surface area (Å²) in [5, 5.41) is 2.95. The molecular weight excluding hydrogens is 418 g/mol. The number of rotatable bonds is 9. The number of amides is 1. The molecule has 0 aliphatic heterocycles. The van der Waals surface area contributed by atoms with Crippen LogP contribution in [0.3, 0.4) is 0 Å². The fraction of sp³-hybridized carbons (Fsp3) is 0.296. The van der Waals surface area contributed by atoms with Crippen LogP contribution >= 0.6 is 11.8 Å². The second kappa shape index (κ2) is 11.6. The molecule has 0 saturated carbocycles. The van der Waals surface area contributed by atoms with Crippen molar-refractivity contribution < 1.29 is 14.3 Å². The second-order valence-electron chi connectivity index (χ2n) is 8.59. The lowest BCUT2D eigenvalue weighted by molar-refractivity contribution is 0.0488. The van der Waals surface area contributed by atoms with E-state index >= 15 is 0 Å². The lowest BCUT2D eigenvalue weighted by Gasteiger charge is -2.24. The molecular formula is C27H31NO3S. The summed E-state index contributed by atoms with van der Waals surface area (Å²) in [6.07, 6.45) is 0.222. The molecule has 0 fully saturated rings. The maximum absolute atomic E-state index is 12.3. The Kier molecular flexibility index (Phi) is 8.63. The Morgan fingerprint density at radius 3 is 2.06 bits per heavy atom. The predicted octanol–water partition coefficient (Wildman–Crippen LogP) is 6.49. The number of nitrogens with one attached hydrogen (secondary N) is 1. The summed E-state index contributed by atoms with van der Waals surface area (Å²) >= 11 is 1.79. The molecule has 1 amide bonds. The molecule has 168 valence electrons. The molecule has 3 rings (SSSR count). The van der Waals surface area contributed by atoms with Gasteiger partial charge in [-0.05, 0) is 62.6 Å². The quantitative estimate of drug-likeness (QED) is 0.379. The van der Waals surface area contributed by atoms with Crippen molar-refractivity contribution in [1.29, 1.82) is 0 Å². The summed E-state index contributed by atoms with van der Waals surface area (Å²) in [6.45, 7) is 5.91. The van der Waals surface area contributed by atoms with Gasteiger partial charge in [-0.2, -0.15) is 0 Å². The van der Waals surface area contributed by atoms with Crippen molar-refractivity contribution >= 4 is 17.9 Å². The predicted molar refractivity (Wildman–Crippen MR) is 131 cm³/mol. The van der Waals surface area contributed by atoms with E-state index in [1.54, 1.807) is 11.8 Å². The Morgan fingerprint density at radius 2 is 1.47 bits per heavy atom. The summed E-state index contributed by atoms with van der Waals surface area (Å²) in [4.78, 5) is 13.5. The molecule has 0 aliphatic rings. The van der Waals surface area contributed by atoms with E-state index in [9.17, 15) is 4.79 Å². The third-order valence-corrected chi connectivity index (χ3v) is 5.65. The first-order valence-corrected chi connectivity index (χ1v) is 11.8. The highest BCUT2D eigenvalue weighted by molar-refractivity contribution is 7.98. The molecule has 0 radical (unpaired) electrons. The number of thioether (sulfide) groups is 1. The van der Waals surface area contributed by atoms with E-state index in [1.165, 1.54) is 10.5 Å². The zero-order chi connectivity index (χ0) is 22.8. The Morgan fingerprint density at radius 1 is 0.875 bits per heavy atom. The molecule has 0 aliphatic carbocycles. The van der Waals surface area contributed by atoms with Gasteiger partial charge in [-0.15, -0.1) is 11.8 Å². The molecule has 3 aromatic carbocycles. The van der Waals surface area contributed by atoms with Gasteiger partial charge in [0.15, 0.2) is 0 Å². The van der Waals surface area contributed by atoms with Crippen molar-refractivity contribution in [3.8, 4) is 5.75 Å². The van der Waals surface area contributed by atoms with Gasteiger partial charge in [0.05, 0.1) is 6.04 Å². The molecule has 0 spiro atoms. The van der Waals surface area contributed by atoms with Crippen LogP contribution in [0.1, 0.15) is 31.9 Å². The van der Waals surface area contributed by atoms with Crippen LogP contribution in [-0.2, 0) is 16.9 Å². The lowest BCUT2D eigenvalue weighted by atomic mass is 10.1. The second-order valence-corrected chi connectivity index (χ2v) is 9.64. The largest absolute Gasteiger partial charge is 0.491 e. The minimum absolute atomic E-state index is 0.209. The topological polar surface area (TPSA) is 47.6 Å². The third kappa shape index (κ3) is 8.67. The van der Waals surface area contributed by atoms with Crippen molar-refractivity contribution in [1.82, 2.24) is 5.32 Å². The van der Waals surface area contributed by atoms with Crippen molar-refractivity contribution in [3.05, 3.63) is 96.1 Å². The van der Waals surface area contributed by atoms with Crippen LogP contribution in [0, 0.1) is 0 Å². The number of carbonyl (C=O) groups excluding carboxylic acids is 1. The molecule has 1 atom stereocenters. The first-order valence-electron chi connectivity index (χ1n) is 10.8. The fourth-order valence-electron chi connectivity index (χ4n) is 3.09. The van der Waals surface area contributed by atoms with E-state index in [0.717, 1.165) is 17.1 Å². The average Bonchev–Trinajstić information content (AvgIpc) is 2.77. The van der Waals surface area contributed by atoms with Crippen LogP contribution in [0.5, 0.6) is 5.75 Å². The van der Waals surface area contributed by atoms with Gasteiger partial charge in [0.1, 0.15) is 18.0 Å². The Bertz CT molecular complexity index is 954. The minimum atomic E-state index is -0.546. The molecule has 5 heteroatoms. The van der Waals surface area contributed by atoms with Crippen molar-refractivity contribution in [2.24, 2.45) is 0 Å². The van der Waals surface area contributed by atoms with E-state index in [-0.39, 0.29) is 6.04 Å². The monoisotopic (exact) mass is 449 g/mol. The fourth-order valence-corrected chi connectivity index (χ4v) is 3.95. The standard InChI is InChI=1S/C27H31NO3S/c1-27(2,3)31-26(29)28-23(18-21-10-6-4-7-11-21)19-30-24-14-16-25(17-15-24)32-20-22-12-8-5-9-13-22/h4-17,23H,18-20H2,1-3H3,(H,28,29). The SMILES string of the molecule is CC(C)(C)OC(=O)NC(COc1ccc(SCc2ccccc2)cc1)Cc1ccccc1. The third-order valence-electron chi connectivity index (χ3n) is 4.57. The highest BCUT2D eigenvalue weighted by Crippen LogP contribution is 2.25. The van der Waals surface area contributed by atoms with Crippen molar-refractivity contribution in [2.75, 3.05) is 6.61 Å². The molecule has 3 aromatic rings. The summed E-state index contributed by atoms with van der Waals surface area (Å²) < 4.78 is 11.4. The highest BCUT2D eigenvalue weighted by Gasteiger charge is 2.20. The van der Waals surface area contributed by atoms with Crippen molar-refractivity contribution in [2.45, 2.75) is 49.5 Å². The normalized spacial score (nSPS) is 12.1. The van der Waals surface area contributed by atoms with E-state index < -0.39 is 11.7 Å². The van der Waals surface area contributed by atoms with Crippen molar-refractivity contribution in [3.63, 3.8) is 0 Å². The van der Waals surface area contributed by atoms with Gasteiger partial charge < -0.3 is 14.8 Å². The molecule has 0 bridgehead atoms. The molecule has 4 nitrogen and oxygen atoms in total. The van der Waals surface area contributed by atoms with Gasteiger partial charge in [0.25, 0.3) is 0 Å². The molecule has 1 N–H and O–H groups in total. The highest BCUT2D eigenvalue weighted by atomic mass is 32.2. The summed E-state index contributed by atoms with van der Waals surface area (Å²) in [6, 6.07) is 28.3. The smallest absolute Gasteiger partial charge is 0.408 e. The summed E-state index contributed by atoms with van der Waals surface area (Å²) in [5.74, 6) is 1.71. The van der Waals surface area contributed by atoms with E-state index in [4.69, 9.17) is 9.47 Å². The van der Waals surface area contributed by atoms with Crippen LogP contribution < -0.4 is 10.1 Å². The van der Waals surface area contributed by atoms with Crippen LogP contribution in [0.2, 0.25) is 0 Å². The van der Waals surface area contributed by atoms with Crippen LogP contribution in [0.25, 0.3) is 0 Å². The number of alkyl carbamates (subject to hydrolysis) is 1. The maximum Gasteiger partial charge on any atom is 0.408 e. The zero-order valence-corrected chi connectivity index (χ0v) is 19.7. The summed E-state index contributed by atoms with van der Waals surface area (Å²) in [5.41, 5.74) is 1.88. The first kappa shape index (κ1) is 23.7. The van der Waals surface area contributed by atoms with Gasteiger partial charge >= 0.3 is 6.09 Å². The maximum atomic E-state index is 12.3. The van der Waals surface area contributed by atoms with E-state index in [1.807, 2.05) is 69.3 Å². The molecule has 0 aromatic heterocycles. The lowest BCUT2D eigenvalue weighted by Crippen LogP contribution is -2.43. The Labute approximate surface area is 195 Å². The number of ether oxygens (including phenoxy) is 2. The average molecular weight is 450 g/mol. The van der Waals surface area contributed by atoms with E-state index in [0.29, 0.717) is 13.0 Å². The summed E-state index contributed by atoms with van der Waals surface area (Å²) in [7, 11) is 0. The number of hydrogen-bond donors (Lipinski definition) is 1.